The van der Waals surface area contributed by atoms with E-state index in [1.165, 1.54) is 16.0 Å². The predicted molar refractivity (Wildman–Crippen MR) is 91.4 cm³/mol. The molecule has 0 saturated heterocycles. The number of rotatable bonds is 4. The number of anilines is 2. The summed E-state index contributed by atoms with van der Waals surface area (Å²) in [5.41, 5.74) is 4.76. The van der Waals surface area contributed by atoms with E-state index < -0.39 is 0 Å². The van der Waals surface area contributed by atoms with Gasteiger partial charge in [0.25, 0.3) is 0 Å². The molecule has 0 aliphatic rings. The molecule has 0 amide bonds. The van der Waals surface area contributed by atoms with E-state index in [-0.39, 0.29) is 0 Å². The number of nitrogens with zero attached hydrogens (tertiary/aromatic N) is 1. The third-order valence-corrected chi connectivity index (χ3v) is 4.43. The number of hydrogen-bond donors (Lipinski definition) is 1. The van der Waals surface area contributed by atoms with Crippen molar-refractivity contribution in [2.24, 2.45) is 0 Å². The molecular weight excluding hydrogens is 276 g/mol. The summed E-state index contributed by atoms with van der Waals surface area (Å²) in [6.07, 6.45) is 0.941. The highest BCUT2D eigenvalue weighted by atomic mass is 32.1. The van der Waals surface area contributed by atoms with Gasteiger partial charge in [0.15, 0.2) is 5.13 Å². The quantitative estimate of drug-likeness (QED) is 0.694. The van der Waals surface area contributed by atoms with Crippen LogP contribution in [0.4, 0.5) is 10.8 Å². The summed E-state index contributed by atoms with van der Waals surface area (Å²) in [4.78, 5) is 5.99. The molecule has 1 aromatic heterocycles. The van der Waals surface area contributed by atoms with E-state index in [4.69, 9.17) is 4.98 Å². The number of thiazole rings is 1. The zero-order valence-electron chi connectivity index (χ0n) is 12.3. The molecule has 0 fully saturated rings. The fraction of sp³-hybridized carbons (Fsp3) is 0.167. The van der Waals surface area contributed by atoms with E-state index in [0.717, 1.165) is 22.9 Å². The molecule has 0 aliphatic carbocycles. The average Bonchev–Trinajstić information content (AvgIpc) is 2.92. The van der Waals surface area contributed by atoms with Gasteiger partial charge < -0.3 is 5.32 Å². The average molecular weight is 294 g/mol. The third kappa shape index (κ3) is 3.14. The van der Waals surface area contributed by atoms with Crippen molar-refractivity contribution in [3.63, 3.8) is 0 Å². The van der Waals surface area contributed by atoms with Crippen LogP contribution in [0, 0.1) is 6.92 Å². The maximum Gasteiger partial charge on any atom is 0.187 e. The summed E-state index contributed by atoms with van der Waals surface area (Å²) in [5, 5.41) is 4.34. The molecule has 2 aromatic carbocycles. The lowest BCUT2D eigenvalue weighted by molar-refractivity contribution is 1.07. The largest absolute Gasteiger partial charge is 0.332 e. The van der Waals surface area contributed by atoms with Crippen molar-refractivity contribution in [2.45, 2.75) is 20.3 Å². The Morgan fingerprint density at radius 1 is 1.00 bits per heavy atom. The van der Waals surface area contributed by atoms with E-state index in [9.17, 15) is 0 Å². The zero-order valence-corrected chi connectivity index (χ0v) is 13.1. The van der Waals surface area contributed by atoms with Crippen LogP contribution in [0.15, 0.2) is 54.6 Å². The minimum Gasteiger partial charge on any atom is -0.332 e. The summed E-state index contributed by atoms with van der Waals surface area (Å²) in [7, 11) is 0. The van der Waals surface area contributed by atoms with Gasteiger partial charge in [-0.05, 0) is 31.0 Å². The van der Waals surface area contributed by atoms with E-state index in [0.29, 0.717) is 0 Å². The number of nitrogens with one attached hydrogen (secondary N) is 1. The molecule has 1 heterocycles. The van der Waals surface area contributed by atoms with Crippen LogP contribution in [-0.4, -0.2) is 4.98 Å². The van der Waals surface area contributed by atoms with Crippen molar-refractivity contribution < 1.29 is 0 Å². The van der Waals surface area contributed by atoms with Crippen LogP contribution in [0.5, 0.6) is 0 Å². The second-order valence-electron chi connectivity index (χ2n) is 5.01. The molecule has 0 spiro atoms. The van der Waals surface area contributed by atoms with Crippen molar-refractivity contribution >= 4 is 22.2 Å². The lowest BCUT2D eigenvalue weighted by Crippen LogP contribution is -1.89. The van der Waals surface area contributed by atoms with Crippen LogP contribution in [0.3, 0.4) is 0 Å². The van der Waals surface area contributed by atoms with Gasteiger partial charge in [-0.2, -0.15) is 0 Å². The van der Waals surface area contributed by atoms with Crippen LogP contribution < -0.4 is 5.32 Å². The highest BCUT2D eigenvalue weighted by Gasteiger charge is 2.11. The van der Waals surface area contributed by atoms with Gasteiger partial charge >= 0.3 is 0 Å². The van der Waals surface area contributed by atoms with Crippen molar-refractivity contribution in [1.82, 2.24) is 4.98 Å². The second kappa shape index (κ2) is 6.10. The lowest BCUT2D eigenvalue weighted by Gasteiger charge is -2.01. The summed E-state index contributed by atoms with van der Waals surface area (Å²) < 4.78 is 0. The Morgan fingerprint density at radius 3 is 2.38 bits per heavy atom. The molecule has 1 N–H and O–H groups in total. The molecule has 106 valence electrons. The Hall–Kier alpha value is -2.13. The number of hydrogen-bond acceptors (Lipinski definition) is 3. The monoisotopic (exact) mass is 294 g/mol. The third-order valence-electron chi connectivity index (χ3n) is 3.37. The van der Waals surface area contributed by atoms with Crippen molar-refractivity contribution in [3.8, 4) is 10.4 Å². The SMILES string of the molecule is CCc1nc(Nc2ccccc2)sc1-c1ccc(C)cc1. The standard InChI is InChI=1S/C18H18N2S/c1-3-16-17(14-11-9-13(2)10-12-14)21-18(20-16)19-15-7-5-4-6-8-15/h4-12H,3H2,1-2H3,(H,19,20). The van der Waals surface area contributed by atoms with Crippen molar-refractivity contribution in [3.05, 3.63) is 65.9 Å². The van der Waals surface area contributed by atoms with Crippen LogP contribution in [0.2, 0.25) is 0 Å². The molecule has 0 saturated carbocycles. The van der Waals surface area contributed by atoms with Crippen LogP contribution in [0.25, 0.3) is 10.4 Å². The summed E-state index contributed by atoms with van der Waals surface area (Å²) in [6, 6.07) is 18.8. The fourth-order valence-electron chi connectivity index (χ4n) is 2.22. The molecule has 0 aliphatic heterocycles. The first-order valence-corrected chi connectivity index (χ1v) is 7.96. The van der Waals surface area contributed by atoms with Gasteiger partial charge in [0.05, 0.1) is 10.6 Å². The summed E-state index contributed by atoms with van der Waals surface area (Å²) in [6.45, 7) is 4.26. The first-order chi connectivity index (χ1) is 10.3. The van der Waals surface area contributed by atoms with Gasteiger partial charge in [-0.1, -0.05) is 66.3 Å². The van der Waals surface area contributed by atoms with Crippen LogP contribution in [0.1, 0.15) is 18.2 Å². The number of para-hydroxylation sites is 1. The molecule has 0 bridgehead atoms. The van der Waals surface area contributed by atoms with Crippen molar-refractivity contribution in [2.75, 3.05) is 5.32 Å². The highest BCUT2D eigenvalue weighted by molar-refractivity contribution is 7.19. The van der Waals surface area contributed by atoms with Gasteiger partial charge in [-0.25, -0.2) is 4.98 Å². The van der Waals surface area contributed by atoms with Crippen LogP contribution in [-0.2, 0) is 6.42 Å². The van der Waals surface area contributed by atoms with Gasteiger partial charge in [-0.3, -0.25) is 0 Å². The lowest BCUT2D eigenvalue weighted by atomic mass is 10.1. The molecular formula is C18H18N2S. The normalized spacial score (nSPS) is 10.6. The first kappa shape index (κ1) is 13.8. The fourth-order valence-corrected chi connectivity index (χ4v) is 3.30. The summed E-state index contributed by atoms with van der Waals surface area (Å²) >= 11 is 1.72. The number of aromatic nitrogens is 1. The Kier molecular flexibility index (Phi) is 4.02. The van der Waals surface area contributed by atoms with Gasteiger partial charge in [-0.15, -0.1) is 0 Å². The first-order valence-electron chi connectivity index (χ1n) is 7.15. The number of aryl methyl sites for hydroxylation is 2. The molecule has 3 rings (SSSR count). The summed E-state index contributed by atoms with van der Waals surface area (Å²) in [5.74, 6) is 0. The second-order valence-corrected chi connectivity index (χ2v) is 6.00. The number of benzene rings is 2. The van der Waals surface area contributed by atoms with Gasteiger partial charge in [0.1, 0.15) is 0 Å². The van der Waals surface area contributed by atoms with Crippen LogP contribution >= 0.6 is 11.3 Å². The predicted octanol–water partition coefficient (Wildman–Crippen LogP) is 5.42. The molecule has 3 aromatic rings. The highest BCUT2D eigenvalue weighted by Crippen LogP contribution is 2.34. The van der Waals surface area contributed by atoms with E-state index >= 15 is 0 Å². The van der Waals surface area contributed by atoms with Crippen molar-refractivity contribution in [1.29, 1.82) is 0 Å². The molecule has 2 nitrogen and oxygen atoms in total. The van der Waals surface area contributed by atoms with Gasteiger partial charge in [0.2, 0.25) is 0 Å². The maximum absolute atomic E-state index is 4.73. The van der Waals surface area contributed by atoms with E-state index in [1.54, 1.807) is 11.3 Å². The maximum atomic E-state index is 4.73. The molecule has 0 atom stereocenters. The molecule has 3 heteroatoms. The Morgan fingerprint density at radius 2 is 1.71 bits per heavy atom. The van der Waals surface area contributed by atoms with E-state index in [2.05, 4.69) is 55.6 Å². The Labute approximate surface area is 129 Å². The molecule has 21 heavy (non-hydrogen) atoms. The molecule has 0 unspecified atom stereocenters. The van der Waals surface area contributed by atoms with Gasteiger partial charge in [0, 0.05) is 5.69 Å². The molecule has 0 radical (unpaired) electrons. The minimum atomic E-state index is 0.941. The Bertz CT molecular complexity index is 715. The Balaban J connectivity index is 1.93. The van der Waals surface area contributed by atoms with E-state index in [1.807, 2.05) is 18.2 Å². The smallest absolute Gasteiger partial charge is 0.187 e. The topological polar surface area (TPSA) is 24.9 Å². The zero-order chi connectivity index (χ0) is 14.7. The minimum absolute atomic E-state index is 0.941.